The Kier molecular flexibility index (Phi) is 4.55. The SMILES string of the molecule is COc1ccccc1SC[C@H]1CCCCN1. The Morgan fingerprint density at radius 2 is 2.25 bits per heavy atom. The molecule has 1 heterocycles. The molecule has 1 aliphatic heterocycles. The van der Waals surface area contributed by atoms with E-state index in [1.165, 1.54) is 30.7 Å². The number of thioether (sulfide) groups is 1. The van der Waals surface area contributed by atoms with E-state index < -0.39 is 0 Å². The summed E-state index contributed by atoms with van der Waals surface area (Å²) in [5, 5.41) is 3.57. The molecule has 0 spiro atoms. The molecule has 1 fully saturated rings. The van der Waals surface area contributed by atoms with Crippen LogP contribution in [0.5, 0.6) is 5.75 Å². The highest BCUT2D eigenvalue weighted by atomic mass is 32.2. The third-order valence-corrected chi connectivity index (χ3v) is 4.14. The molecule has 0 aliphatic carbocycles. The molecule has 1 saturated heterocycles. The van der Waals surface area contributed by atoms with Crippen LogP contribution in [0.4, 0.5) is 0 Å². The number of hydrogen-bond donors (Lipinski definition) is 1. The fourth-order valence-electron chi connectivity index (χ4n) is 1.99. The van der Waals surface area contributed by atoms with Crippen LogP contribution < -0.4 is 10.1 Å². The van der Waals surface area contributed by atoms with E-state index >= 15 is 0 Å². The van der Waals surface area contributed by atoms with Crippen LogP contribution in [0.25, 0.3) is 0 Å². The topological polar surface area (TPSA) is 21.3 Å². The molecule has 0 saturated carbocycles. The summed E-state index contributed by atoms with van der Waals surface area (Å²) in [7, 11) is 1.73. The van der Waals surface area contributed by atoms with Crippen molar-refractivity contribution in [2.75, 3.05) is 19.4 Å². The molecule has 0 aromatic heterocycles. The zero-order valence-corrected chi connectivity index (χ0v) is 10.6. The third kappa shape index (κ3) is 3.16. The second-order valence-electron chi connectivity index (χ2n) is 4.11. The van der Waals surface area contributed by atoms with Crippen LogP contribution in [0.15, 0.2) is 29.2 Å². The van der Waals surface area contributed by atoms with E-state index in [-0.39, 0.29) is 0 Å². The van der Waals surface area contributed by atoms with Gasteiger partial charge in [0.15, 0.2) is 0 Å². The van der Waals surface area contributed by atoms with Gasteiger partial charge in [0.2, 0.25) is 0 Å². The van der Waals surface area contributed by atoms with Crippen LogP contribution in [0.2, 0.25) is 0 Å². The van der Waals surface area contributed by atoms with E-state index in [4.69, 9.17) is 4.74 Å². The smallest absolute Gasteiger partial charge is 0.132 e. The van der Waals surface area contributed by atoms with Crippen molar-refractivity contribution in [1.82, 2.24) is 5.32 Å². The van der Waals surface area contributed by atoms with Gasteiger partial charge in [0.05, 0.1) is 7.11 Å². The lowest BCUT2D eigenvalue weighted by molar-refractivity contribution is 0.404. The van der Waals surface area contributed by atoms with Crippen molar-refractivity contribution in [3.05, 3.63) is 24.3 Å². The van der Waals surface area contributed by atoms with Gasteiger partial charge in [0.25, 0.3) is 0 Å². The minimum Gasteiger partial charge on any atom is -0.496 e. The van der Waals surface area contributed by atoms with E-state index in [0.29, 0.717) is 6.04 Å². The lowest BCUT2D eigenvalue weighted by atomic mass is 10.1. The number of rotatable bonds is 4. The highest BCUT2D eigenvalue weighted by Crippen LogP contribution is 2.29. The average Bonchev–Trinajstić information content (AvgIpc) is 2.38. The first-order valence-electron chi connectivity index (χ1n) is 5.89. The van der Waals surface area contributed by atoms with Crippen LogP contribution in [0.1, 0.15) is 19.3 Å². The molecule has 1 aliphatic rings. The molecule has 1 N–H and O–H groups in total. The van der Waals surface area contributed by atoms with Crippen molar-refractivity contribution in [3.63, 3.8) is 0 Å². The van der Waals surface area contributed by atoms with Gasteiger partial charge in [0.1, 0.15) is 5.75 Å². The third-order valence-electron chi connectivity index (χ3n) is 2.92. The monoisotopic (exact) mass is 237 g/mol. The normalized spacial score (nSPS) is 20.7. The fraction of sp³-hybridized carbons (Fsp3) is 0.538. The Labute approximate surface area is 102 Å². The van der Waals surface area contributed by atoms with E-state index in [1.54, 1.807) is 7.11 Å². The van der Waals surface area contributed by atoms with Crippen molar-refractivity contribution in [3.8, 4) is 5.75 Å². The molecular weight excluding hydrogens is 218 g/mol. The number of methoxy groups -OCH3 is 1. The van der Waals surface area contributed by atoms with Gasteiger partial charge >= 0.3 is 0 Å². The van der Waals surface area contributed by atoms with E-state index in [1.807, 2.05) is 23.9 Å². The van der Waals surface area contributed by atoms with Gasteiger partial charge in [-0.1, -0.05) is 18.6 Å². The van der Waals surface area contributed by atoms with Gasteiger partial charge in [-0.3, -0.25) is 0 Å². The minimum absolute atomic E-state index is 0.670. The van der Waals surface area contributed by atoms with Crippen molar-refractivity contribution in [2.24, 2.45) is 0 Å². The van der Waals surface area contributed by atoms with Gasteiger partial charge in [-0.15, -0.1) is 11.8 Å². The Hall–Kier alpha value is -0.670. The molecule has 1 aromatic rings. The van der Waals surface area contributed by atoms with Gasteiger partial charge in [0, 0.05) is 16.7 Å². The van der Waals surface area contributed by atoms with E-state index in [0.717, 1.165) is 11.5 Å². The maximum atomic E-state index is 5.34. The molecule has 0 radical (unpaired) electrons. The summed E-state index contributed by atoms with van der Waals surface area (Å²) in [5.74, 6) is 2.13. The van der Waals surface area contributed by atoms with Crippen LogP contribution in [0.3, 0.4) is 0 Å². The van der Waals surface area contributed by atoms with Crippen LogP contribution in [0, 0.1) is 0 Å². The quantitative estimate of drug-likeness (QED) is 0.814. The second kappa shape index (κ2) is 6.16. The van der Waals surface area contributed by atoms with E-state index in [9.17, 15) is 0 Å². The molecule has 3 heteroatoms. The lowest BCUT2D eigenvalue weighted by Crippen LogP contribution is -2.35. The van der Waals surface area contributed by atoms with Crippen LogP contribution >= 0.6 is 11.8 Å². The maximum absolute atomic E-state index is 5.34. The minimum atomic E-state index is 0.670. The molecule has 16 heavy (non-hydrogen) atoms. The molecule has 0 amide bonds. The molecule has 0 unspecified atom stereocenters. The number of para-hydroxylation sites is 1. The predicted octanol–water partition coefficient (Wildman–Crippen LogP) is 2.93. The van der Waals surface area contributed by atoms with Gasteiger partial charge in [-0.25, -0.2) is 0 Å². The average molecular weight is 237 g/mol. The number of ether oxygens (including phenoxy) is 1. The summed E-state index contributed by atoms with van der Waals surface area (Å²) in [5.41, 5.74) is 0. The van der Waals surface area contributed by atoms with Crippen molar-refractivity contribution >= 4 is 11.8 Å². The predicted molar refractivity (Wildman–Crippen MR) is 69.4 cm³/mol. The summed E-state index contributed by atoms with van der Waals surface area (Å²) in [4.78, 5) is 1.25. The number of hydrogen-bond acceptors (Lipinski definition) is 3. The second-order valence-corrected chi connectivity index (χ2v) is 5.17. The summed E-state index contributed by atoms with van der Waals surface area (Å²) in [6.45, 7) is 1.18. The Bertz CT molecular complexity index is 323. The molecule has 2 nitrogen and oxygen atoms in total. The van der Waals surface area contributed by atoms with Gasteiger partial charge in [-0.2, -0.15) is 0 Å². The fourth-order valence-corrected chi connectivity index (χ4v) is 3.13. The summed E-state index contributed by atoms with van der Waals surface area (Å²) in [6, 6.07) is 8.91. The highest BCUT2D eigenvalue weighted by Gasteiger charge is 2.13. The van der Waals surface area contributed by atoms with Gasteiger partial charge in [-0.05, 0) is 31.5 Å². The van der Waals surface area contributed by atoms with E-state index in [2.05, 4.69) is 17.4 Å². The van der Waals surface area contributed by atoms with Gasteiger partial charge < -0.3 is 10.1 Å². The Morgan fingerprint density at radius 1 is 1.38 bits per heavy atom. The first-order valence-corrected chi connectivity index (χ1v) is 6.88. The first-order chi connectivity index (χ1) is 7.90. The highest BCUT2D eigenvalue weighted by molar-refractivity contribution is 7.99. The summed E-state index contributed by atoms with van der Waals surface area (Å²) in [6.07, 6.45) is 4.00. The number of piperidine rings is 1. The summed E-state index contributed by atoms with van der Waals surface area (Å²) >= 11 is 1.89. The maximum Gasteiger partial charge on any atom is 0.132 e. The molecule has 2 rings (SSSR count). The standard InChI is InChI=1S/C13H19NOS/c1-15-12-7-2-3-8-13(12)16-10-11-6-4-5-9-14-11/h2-3,7-8,11,14H,4-6,9-10H2,1H3/t11-/m1/s1. The molecule has 1 atom stereocenters. The first kappa shape index (κ1) is 11.8. The number of nitrogens with one attached hydrogen (secondary N) is 1. The Balaban J connectivity index is 1.88. The molecule has 1 aromatic carbocycles. The molecular formula is C13H19NOS. The van der Waals surface area contributed by atoms with Crippen molar-refractivity contribution < 1.29 is 4.74 Å². The Morgan fingerprint density at radius 3 is 3.00 bits per heavy atom. The number of benzene rings is 1. The van der Waals surface area contributed by atoms with Crippen LogP contribution in [-0.4, -0.2) is 25.4 Å². The molecule has 88 valence electrons. The lowest BCUT2D eigenvalue weighted by Gasteiger charge is -2.23. The molecule has 0 bridgehead atoms. The largest absolute Gasteiger partial charge is 0.496 e. The zero-order valence-electron chi connectivity index (χ0n) is 9.74. The van der Waals surface area contributed by atoms with Crippen molar-refractivity contribution in [2.45, 2.75) is 30.2 Å². The summed E-state index contributed by atoms with van der Waals surface area (Å²) < 4.78 is 5.34. The zero-order chi connectivity index (χ0) is 11.2. The van der Waals surface area contributed by atoms with Crippen molar-refractivity contribution in [1.29, 1.82) is 0 Å². The van der Waals surface area contributed by atoms with Crippen LogP contribution in [-0.2, 0) is 0 Å².